The maximum atomic E-state index is 11.9. The van der Waals surface area contributed by atoms with Crippen LogP contribution in [0.4, 0.5) is 0 Å². The lowest BCUT2D eigenvalue weighted by atomic mass is 10.00. The molecule has 0 spiro atoms. The van der Waals surface area contributed by atoms with Crippen molar-refractivity contribution in [3.8, 4) is 11.1 Å². The monoisotopic (exact) mass is 351 g/mol. The van der Waals surface area contributed by atoms with Gasteiger partial charge in [0.15, 0.2) is 0 Å². The molecule has 1 amide bonds. The van der Waals surface area contributed by atoms with Gasteiger partial charge in [0, 0.05) is 19.4 Å². The first-order chi connectivity index (χ1) is 12.6. The summed E-state index contributed by atoms with van der Waals surface area (Å²) in [6, 6.07) is 15.2. The Morgan fingerprint density at radius 1 is 0.923 bits per heavy atom. The number of carbonyl (C=O) groups is 2. The minimum absolute atomic E-state index is 0.0480. The Morgan fingerprint density at radius 3 is 2.58 bits per heavy atom. The molecular formula is C22H25NO3. The Hall–Kier alpha value is -2.62. The summed E-state index contributed by atoms with van der Waals surface area (Å²) in [7, 11) is 0. The number of hydrogen-bond acceptors (Lipinski definition) is 2. The van der Waals surface area contributed by atoms with Crippen LogP contribution < -0.4 is 5.32 Å². The Balaban J connectivity index is 1.42. The van der Waals surface area contributed by atoms with Gasteiger partial charge >= 0.3 is 5.97 Å². The van der Waals surface area contributed by atoms with Crippen LogP contribution >= 0.6 is 0 Å². The van der Waals surface area contributed by atoms with Crippen molar-refractivity contribution in [2.45, 2.75) is 44.9 Å². The summed E-state index contributed by atoms with van der Waals surface area (Å²) in [5, 5.41) is 11.4. The molecule has 0 heterocycles. The summed E-state index contributed by atoms with van der Waals surface area (Å²) in [4.78, 5) is 22.3. The lowest BCUT2D eigenvalue weighted by Gasteiger charge is -2.07. The van der Waals surface area contributed by atoms with E-state index in [0.717, 1.165) is 19.3 Å². The number of aryl methyl sites for hydroxylation is 1. The maximum Gasteiger partial charge on any atom is 0.303 e. The third-order valence-electron chi connectivity index (χ3n) is 4.87. The van der Waals surface area contributed by atoms with Gasteiger partial charge in [0.05, 0.1) is 0 Å². The minimum atomic E-state index is -0.784. The van der Waals surface area contributed by atoms with Gasteiger partial charge in [0.1, 0.15) is 0 Å². The Morgan fingerprint density at radius 2 is 1.73 bits per heavy atom. The minimum Gasteiger partial charge on any atom is -0.481 e. The Kier molecular flexibility index (Phi) is 6.05. The van der Waals surface area contributed by atoms with E-state index < -0.39 is 5.97 Å². The van der Waals surface area contributed by atoms with Gasteiger partial charge in [0.25, 0.3) is 0 Å². The maximum absolute atomic E-state index is 11.9. The predicted octanol–water partition coefficient (Wildman–Crippen LogP) is 3.95. The highest BCUT2D eigenvalue weighted by Gasteiger charge is 2.17. The zero-order chi connectivity index (χ0) is 18.4. The molecule has 0 aromatic heterocycles. The van der Waals surface area contributed by atoms with Crippen LogP contribution in [0.25, 0.3) is 11.1 Å². The zero-order valence-corrected chi connectivity index (χ0v) is 15.0. The molecular weight excluding hydrogens is 326 g/mol. The molecule has 26 heavy (non-hydrogen) atoms. The molecule has 4 heteroatoms. The number of benzene rings is 2. The average molecular weight is 351 g/mol. The molecule has 0 bridgehead atoms. The molecule has 0 aliphatic heterocycles. The van der Waals surface area contributed by atoms with Crippen LogP contribution in [0.5, 0.6) is 0 Å². The SMILES string of the molecule is O=C(O)CCCCNC(=O)CCCc1ccc2c(c1)-c1ccccc1C2. The van der Waals surface area contributed by atoms with Crippen LogP contribution in [-0.2, 0) is 22.4 Å². The van der Waals surface area contributed by atoms with Crippen molar-refractivity contribution in [1.82, 2.24) is 5.32 Å². The van der Waals surface area contributed by atoms with Crippen LogP contribution in [0.2, 0.25) is 0 Å². The van der Waals surface area contributed by atoms with Gasteiger partial charge in [0.2, 0.25) is 5.91 Å². The quantitative estimate of drug-likeness (QED) is 0.574. The van der Waals surface area contributed by atoms with E-state index in [2.05, 4.69) is 47.8 Å². The van der Waals surface area contributed by atoms with Crippen LogP contribution in [0.3, 0.4) is 0 Å². The van der Waals surface area contributed by atoms with Crippen molar-refractivity contribution in [3.63, 3.8) is 0 Å². The van der Waals surface area contributed by atoms with Gasteiger partial charge in [-0.3, -0.25) is 9.59 Å². The molecule has 0 unspecified atom stereocenters. The number of carboxylic acids is 1. The molecule has 0 radical (unpaired) electrons. The van der Waals surface area contributed by atoms with E-state index in [-0.39, 0.29) is 12.3 Å². The molecule has 1 aliphatic rings. The number of amides is 1. The van der Waals surface area contributed by atoms with E-state index >= 15 is 0 Å². The second-order valence-corrected chi connectivity index (χ2v) is 6.88. The average Bonchev–Trinajstić information content (AvgIpc) is 2.99. The number of hydrogen-bond donors (Lipinski definition) is 2. The highest BCUT2D eigenvalue weighted by molar-refractivity contribution is 5.77. The van der Waals surface area contributed by atoms with Crippen molar-refractivity contribution in [3.05, 3.63) is 59.2 Å². The second-order valence-electron chi connectivity index (χ2n) is 6.88. The molecule has 2 aromatic carbocycles. The van der Waals surface area contributed by atoms with E-state index in [4.69, 9.17) is 5.11 Å². The van der Waals surface area contributed by atoms with Gasteiger partial charge in [-0.05, 0) is 59.9 Å². The third-order valence-corrected chi connectivity index (χ3v) is 4.87. The van der Waals surface area contributed by atoms with E-state index in [1.807, 2.05) is 0 Å². The summed E-state index contributed by atoms with van der Waals surface area (Å²) in [5.41, 5.74) is 6.72. The van der Waals surface area contributed by atoms with Crippen LogP contribution in [-0.4, -0.2) is 23.5 Å². The number of aliphatic carboxylic acids is 1. The molecule has 0 atom stereocenters. The lowest BCUT2D eigenvalue weighted by Crippen LogP contribution is -2.24. The highest BCUT2D eigenvalue weighted by atomic mass is 16.4. The summed E-state index contributed by atoms with van der Waals surface area (Å²) in [6.45, 7) is 0.557. The Labute approximate surface area is 154 Å². The van der Waals surface area contributed by atoms with Gasteiger partial charge in [-0.25, -0.2) is 0 Å². The summed E-state index contributed by atoms with van der Waals surface area (Å²) < 4.78 is 0. The molecule has 4 nitrogen and oxygen atoms in total. The van der Waals surface area contributed by atoms with Crippen molar-refractivity contribution < 1.29 is 14.7 Å². The number of unbranched alkanes of at least 4 members (excludes halogenated alkanes) is 1. The molecule has 1 aliphatic carbocycles. The Bertz CT molecular complexity index is 798. The van der Waals surface area contributed by atoms with E-state index in [1.165, 1.54) is 27.8 Å². The molecule has 0 saturated carbocycles. The summed E-state index contributed by atoms with van der Waals surface area (Å²) in [6.07, 6.45) is 4.71. The van der Waals surface area contributed by atoms with Crippen LogP contribution in [0.15, 0.2) is 42.5 Å². The summed E-state index contributed by atoms with van der Waals surface area (Å²) >= 11 is 0. The van der Waals surface area contributed by atoms with Gasteiger partial charge in [-0.1, -0.05) is 42.5 Å². The van der Waals surface area contributed by atoms with E-state index in [9.17, 15) is 9.59 Å². The molecule has 0 fully saturated rings. The number of fused-ring (bicyclic) bond motifs is 3. The van der Waals surface area contributed by atoms with Crippen molar-refractivity contribution in [1.29, 1.82) is 0 Å². The molecule has 2 N–H and O–H groups in total. The first-order valence-electron chi connectivity index (χ1n) is 9.32. The lowest BCUT2D eigenvalue weighted by molar-refractivity contribution is -0.137. The van der Waals surface area contributed by atoms with E-state index in [1.54, 1.807) is 0 Å². The smallest absolute Gasteiger partial charge is 0.303 e. The fourth-order valence-corrected chi connectivity index (χ4v) is 3.50. The van der Waals surface area contributed by atoms with E-state index in [0.29, 0.717) is 25.8 Å². The highest BCUT2D eigenvalue weighted by Crippen LogP contribution is 2.36. The standard InChI is InChI=1S/C22H25NO3/c24-21(23-13-4-3-10-22(25)26)9-5-6-16-11-12-18-15-17-7-1-2-8-19(17)20(18)14-16/h1-2,7-8,11-12,14H,3-6,9-10,13,15H2,(H,23,24)(H,25,26). The summed E-state index contributed by atoms with van der Waals surface area (Å²) in [5.74, 6) is -0.736. The third kappa shape index (κ3) is 4.72. The fraction of sp³-hybridized carbons (Fsp3) is 0.364. The number of carbonyl (C=O) groups excluding carboxylic acids is 1. The van der Waals surface area contributed by atoms with Crippen molar-refractivity contribution in [2.24, 2.45) is 0 Å². The first kappa shape index (κ1) is 18.2. The van der Waals surface area contributed by atoms with Gasteiger partial charge in [-0.2, -0.15) is 0 Å². The number of rotatable bonds is 9. The normalized spacial score (nSPS) is 11.7. The predicted molar refractivity (Wildman–Crippen MR) is 102 cm³/mol. The number of nitrogens with one attached hydrogen (secondary N) is 1. The topological polar surface area (TPSA) is 66.4 Å². The zero-order valence-electron chi connectivity index (χ0n) is 15.0. The largest absolute Gasteiger partial charge is 0.481 e. The van der Waals surface area contributed by atoms with Gasteiger partial charge in [-0.15, -0.1) is 0 Å². The fourth-order valence-electron chi connectivity index (χ4n) is 3.50. The van der Waals surface area contributed by atoms with Crippen LogP contribution in [0, 0.1) is 0 Å². The van der Waals surface area contributed by atoms with Gasteiger partial charge < -0.3 is 10.4 Å². The van der Waals surface area contributed by atoms with Crippen molar-refractivity contribution >= 4 is 11.9 Å². The first-order valence-corrected chi connectivity index (χ1v) is 9.32. The van der Waals surface area contributed by atoms with Crippen LogP contribution in [0.1, 0.15) is 48.8 Å². The van der Waals surface area contributed by atoms with Crippen molar-refractivity contribution in [2.75, 3.05) is 6.54 Å². The molecule has 3 rings (SSSR count). The molecule has 2 aromatic rings. The second kappa shape index (κ2) is 8.65. The molecule has 0 saturated heterocycles. The molecule has 136 valence electrons. The number of carboxylic acid groups (broad SMARTS) is 1.